The van der Waals surface area contributed by atoms with Crippen molar-refractivity contribution in [3.63, 3.8) is 0 Å². The van der Waals surface area contributed by atoms with Crippen LogP contribution in [0.2, 0.25) is 0 Å². The van der Waals surface area contributed by atoms with Crippen molar-refractivity contribution in [1.29, 1.82) is 0 Å². The zero-order valence-corrected chi connectivity index (χ0v) is 14.2. The fourth-order valence-corrected chi connectivity index (χ4v) is 2.30. The molecule has 0 saturated carbocycles. The van der Waals surface area contributed by atoms with Gasteiger partial charge in [0.15, 0.2) is 5.96 Å². The van der Waals surface area contributed by atoms with Crippen LogP contribution < -0.4 is 5.32 Å². The first-order valence-corrected chi connectivity index (χ1v) is 6.17. The van der Waals surface area contributed by atoms with Crippen molar-refractivity contribution in [2.24, 2.45) is 4.99 Å². The lowest BCUT2D eigenvalue weighted by Crippen LogP contribution is -2.37. The largest absolute Gasteiger partial charge is 0.356 e. The molecule has 6 heteroatoms. The molecule has 1 heterocycles. The summed E-state index contributed by atoms with van der Waals surface area (Å²) in [4.78, 5) is 11.9. The van der Waals surface area contributed by atoms with E-state index in [9.17, 15) is 0 Å². The van der Waals surface area contributed by atoms with E-state index >= 15 is 0 Å². The van der Waals surface area contributed by atoms with Crippen LogP contribution >= 0.6 is 35.3 Å². The number of hydrogen-bond donors (Lipinski definition) is 1. The molecule has 0 amide bonds. The van der Waals surface area contributed by atoms with E-state index in [4.69, 9.17) is 0 Å². The fourth-order valence-electron chi connectivity index (χ4n) is 1.36. The van der Waals surface area contributed by atoms with E-state index in [0.29, 0.717) is 0 Å². The van der Waals surface area contributed by atoms with E-state index in [0.717, 1.165) is 24.6 Å². The SMILES string of the molecule is CN=C(NCCc1nc(C)c(C)s1)N(C)C.I. The molecule has 0 aliphatic heterocycles. The van der Waals surface area contributed by atoms with Crippen molar-refractivity contribution in [3.8, 4) is 0 Å². The van der Waals surface area contributed by atoms with Crippen molar-refractivity contribution < 1.29 is 0 Å². The number of thiazole rings is 1. The highest BCUT2D eigenvalue weighted by Gasteiger charge is 2.04. The topological polar surface area (TPSA) is 40.5 Å². The molecule has 0 radical (unpaired) electrons. The third-order valence-corrected chi connectivity index (χ3v) is 3.46. The summed E-state index contributed by atoms with van der Waals surface area (Å²) in [5.74, 6) is 0.907. The Morgan fingerprint density at radius 1 is 1.41 bits per heavy atom. The minimum atomic E-state index is 0. The van der Waals surface area contributed by atoms with Gasteiger partial charge in [-0.15, -0.1) is 35.3 Å². The Morgan fingerprint density at radius 2 is 2.06 bits per heavy atom. The molecule has 0 fully saturated rings. The highest BCUT2D eigenvalue weighted by molar-refractivity contribution is 14.0. The predicted octanol–water partition coefficient (Wildman–Crippen LogP) is 2.06. The Morgan fingerprint density at radius 3 is 2.47 bits per heavy atom. The first-order chi connectivity index (χ1) is 7.54. The molecule has 17 heavy (non-hydrogen) atoms. The summed E-state index contributed by atoms with van der Waals surface area (Å²) in [5, 5.41) is 4.48. The Bertz CT molecular complexity index is 354. The Balaban J connectivity index is 0.00000256. The highest BCUT2D eigenvalue weighted by Crippen LogP contribution is 2.16. The molecule has 0 aromatic carbocycles. The van der Waals surface area contributed by atoms with Crippen LogP contribution in [-0.2, 0) is 6.42 Å². The maximum absolute atomic E-state index is 4.50. The van der Waals surface area contributed by atoms with E-state index < -0.39 is 0 Å². The summed E-state index contributed by atoms with van der Waals surface area (Å²) in [5.41, 5.74) is 1.15. The summed E-state index contributed by atoms with van der Waals surface area (Å²) in [7, 11) is 5.75. The molecule has 0 bridgehead atoms. The molecule has 0 aliphatic rings. The van der Waals surface area contributed by atoms with Gasteiger partial charge in [0.1, 0.15) is 0 Å². The minimum absolute atomic E-state index is 0. The van der Waals surface area contributed by atoms with Gasteiger partial charge in [-0.3, -0.25) is 4.99 Å². The molecule has 1 aromatic rings. The summed E-state index contributed by atoms with van der Waals surface area (Å²) in [6.45, 7) is 5.04. The van der Waals surface area contributed by atoms with Crippen LogP contribution in [-0.4, -0.2) is 43.5 Å². The zero-order valence-electron chi connectivity index (χ0n) is 11.1. The average Bonchev–Trinajstić information content (AvgIpc) is 2.53. The van der Waals surface area contributed by atoms with Gasteiger partial charge in [0.2, 0.25) is 0 Å². The second-order valence-electron chi connectivity index (χ2n) is 3.87. The van der Waals surface area contributed by atoms with Gasteiger partial charge >= 0.3 is 0 Å². The van der Waals surface area contributed by atoms with Crippen LogP contribution in [0.5, 0.6) is 0 Å². The summed E-state index contributed by atoms with van der Waals surface area (Å²) < 4.78 is 0. The van der Waals surface area contributed by atoms with Gasteiger partial charge in [-0.25, -0.2) is 4.98 Å². The van der Waals surface area contributed by atoms with Crippen molar-refractivity contribution >= 4 is 41.3 Å². The number of nitrogens with one attached hydrogen (secondary N) is 1. The molecule has 1 rings (SSSR count). The van der Waals surface area contributed by atoms with Gasteiger partial charge in [-0.2, -0.15) is 0 Å². The van der Waals surface area contributed by atoms with Crippen molar-refractivity contribution in [2.45, 2.75) is 20.3 Å². The van der Waals surface area contributed by atoms with Gasteiger partial charge < -0.3 is 10.2 Å². The number of aryl methyl sites for hydroxylation is 2. The zero-order chi connectivity index (χ0) is 12.1. The summed E-state index contributed by atoms with van der Waals surface area (Å²) in [6, 6.07) is 0. The summed E-state index contributed by atoms with van der Waals surface area (Å²) >= 11 is 1.78. The molecule has 1 N–H and O–H groups in total. The van der Waals surface area contributed by atoms with E-state index in [1.165, 1.54) is 9.88 Å². The molecular formula is C11H21IN4S. The van der Waals surface area contributed by atoms with Gasteiger partial charge in [0, 0.05) is 39.0 Å². The average molecular weight is 368 g/mol. The van der Waals surface area contributed by atoms with Crippen molar-refractivity contribution in [2.75, 3.05) is 27.7 Å². The number of hydrogen-bond acceptors (Lipinski definition) is 3. The van der Waals surface area contributed by atoms with Gasteiger partial charge in [0.05, 0.1) is 10.7 Å². The van der Waals surface area contributed by atoms with E-state index in [-0.39, 0.29) is 24.0 Å². The van der Waals surface area contributed by atoms with Crippen molar-refractivity contribution in [1.82, 2.24) is 15.2 Å². The van der Waals surface area contributed by atoms with Crippen LogP contribution in [0.15, 0.2) is 4.99 Å². The van der Waals surface area contributed by atoms with Gasteiger partial charge in [-0.1, -0.05) is 0 Å². The van der Waals surface area contributed by atoms with Crippen molar-refractivity contribution in [3.05, 3.63) is 15.6 Å². The molecule has 4 nitrogen and oxygen atoms in total. The standard InChI is InChI=1S/C11H20N4S.HI/c1-8-9(2)16-10(14-8)6-7-13-11(12-3)15(4)5;/h6-7H2,1-5H3,(H,12,13);1H. The Labute approximate surface area is 125 Å². The van der Waals surface area contributed by atoms with Gasteiger partial charge in [0.25, 0.3) is 0 Å². The lowest BCUT2D eigenvalue weighted by Gasteiger charge is -2.16. The smallest absolute Gasteiger partial charge is 0.193 e. The second-order valence-corrected chi connectivity index (χ2v) is 5.16. The van der Waals surface area contributed by atoms with Crippen LogP contribution in [0.3, 0.4) is 0 Å². The normalized spacial score (nSPS) is 11.0. The first-order valence-electron chi connectivity index (χ1n) is 5.35. The monoisotopic (exact) mass is 368 g/mol. The van der Waals surface area contributed by atoms with E-state index in [1.807, 2.05) is 19.0 Å². The highest BCUT2D eigenvalue weighted by atomic mass is 127. The number of halogens is 1. The number of aromatic nitrogens is 1. The number of nitrogens with zero attached hydrogens (tertiary/aromatic N) is 3. The lowest BCUT2D eigenvalue weighted by molar-refractivity contribution is 0.583. The summed E-state index contributed by atoms with van der Waals surface area (Å²) in [6.07, 6.45) is 0.951. The number of aliphatic imine (C=N–C) groups is 1. The minimum Gasteiger partial charge on any atom is -0.356 e. The van der Waals surface area contributed by atoms with Crippen LogP contribution in [0.4, 0.5) is 0 Å². The quantitative estimate of drug-likeness (QED) is 0.505. The maximum Gasteiger partial charge on any atom is 0.193 e. The first kappa shape index (κ1) is 16.6. The molecule has 0 aliphatic carbocycles. The molecule has 0 atom stereocenters. The predicted molar refractivity (Wildman–Crippen MR) is 85.8 cm³/mol. The van der Waals surface area contributed by atoms with Crippen LogP contribution in [0.25, 0.3) is 0 Å². The maximum atomic E-state index is 4.50. The fraction of sp³-hybridized carbons (Fsp3) is 0.636. The molecule has 0 spiro atoms. The second kappa shape index (κ2) is 7.86. The molecule has 0 saturated heterocycles. The van der Waals surface area contributed by atoms with E-state index in [2.05, 4.69) is 29.1 Å². The Hall–Kier alpha value is -0.370. The van der Waals surface area contributed by atoms with Gasteiger partial charge in [-0.05, 0) is 13.8 Å². The Kier molecular flexibility index (Phi) is 7.69. The molecule has 0 unspecified atom stereocenters. The number of guanidine groups is 1. The molecule has 98 valence electrons. The van der Waals surface area contributed by atoms with Crippen LogP contribution in [0.1, 0.15) is 15.6 Å². The third kappa shape index (κ3) is 5.20. The molecular weight excluding hydrogens is 347 g/mol. The van der Waals surface area contributed by atoms with Crippen LogP contribution in [0, 0.1) is 13.8 Å². The van der Waals surface area contributed by atoms with E-state index in [1.54, 1.807) is 18.4 Å². The third-order valence-electron chi connectivity index (χ3n) is 2.33. The lowest BCUT2D eigenvalue weighted by atomic mass is 10.4. The molecule has 1 aromatic heterocycles. The number of rotatable bonds is 3.